The van der Waals surface area contributed by atoms with Crippen molar-refractivity contribution in [1.82, 2.24) is 0 Å². The topological polar surface area (TPSA) is 0 Å². The van der Waals surface area contributed by atoms with E-state index >= 15 is 0 Å². The van der Waals surface area contributed by atoms with Crippen LogP contribution in [0.3, 0.4) is 0 Å². The van der Waals surface area contributed by atoms with Gasteiger partial charge in [-0.15, -0.1) is 11.3 Å². The Bertz CT molecular complexity index is 422. The zero-order valence-corrected chi connectivity index (χ0v) is 12.0. The highest BCUT2D eigenvalue weighted by Gasteiger charge is 2.10. The predicted octanol–water partition coefficient (Wildman–Crippen LogP) is 5.19. The molecule has 0 bridgehead atoms. The van der Waals surface area contributed by atoms with E-state index < -0.39 is 0 Å². The van der Waals surface area contributed by atoms with Gasteiger partial charge in [0.2, 0.25) is 0 Å². The van der Waals surface area contributed by atoms with Crippen LogP contribution < -0.4 is 0 Å². The van der Waals surface area contributed by atoms with Gasteiger partial charge in [-0.1, -0.05) is 46.3 Å². The van der Waals surface area contributed by atoms with Crippen LogP contribution in [-0.2, 0) is 6.42 Å². The summed E-state index contributed by atoms with van der Waals surface area (Å²) in [5, 5.41) is 0. The van der Waals surface area contributed by atoms with Crippen molar-refractivity contribution in [3.8, 4) is 0 Å². The Labute approximate surface area is 111 Å². The van der Waals surface area contributed by atoms with E-state index in [1.807, 2.05) is 0 Å². The average Bonchev–Trinajstić information content (AvgIpc) is 2.66. The average molecular weight is 346 g/mol. The summed E-state index contributed by atoms with van der Waals surface area (Å²) in [5.74, 6) is 0. The molecule has 15 heavy (non-hydrogen) atoms. The minimum absolute atomic E-state index is 0.413. The highest BCUT2D eigenvalue weighted by molar-refractivity contribution is 9.11. The van der Waals surface area contributed by atoms with Crippen LogP contribution in [0.4, 0.5) is 0 Å². The molecule has 1 heterocycles. The zero-order chi connectivity index (χ0) is 10.7. The maximum absolute atomic E-state index is 3.73. The molecule has 0 nitrogen and oxygen atoms in total. The lowest BCUT2D eigenvalue weighted by Crippen LogP contribution is -1.91. The summed E-state index contributed by atoms with van der Waals surface area (Å²) in [6.07, 6.45) is 1.04. The van der Waals surface area contributed by atoms with Gasteiger partial charge in [-0.05, 0) is 40.0 Å². The summed E-state index contributed by atoms with van der Waals surface area (Å²) in [6.45, 7) is 0. The molecule has 0 aliphatic heterocycles. The molecule has 1 aromatic carbocycles. The molecular formula is C12H10Br2S. The highest BCUT2D eigenvalue weighted by Crippen LogP contribution is 2.34. The fourth-order valence-electron chi connectivity index (χ4n) is 1.42. The normalized spacial score (nSPS) is 12.7. The van der Waals surface area contributed by atoms with Gasteiger partial charge >= 0.3 is 0 Å². The minimum atomic E-state index is 0.413. The van der Waals surface area contributed by atoms with Gasteiger partial charge in [-0.2, -0.15) is 0 Å². The number of rotatable bonds is 3. The van der Waals surface area contributed by atoms with E-state index in [-0.39, 0.29) is 0 Å². The lowest BCUT2D eigenvalue weighted by molar-refractivity contribution is 0.970. The van der Waals surface area contributed by atoms with Gasteiger partial charge in [0, 0.05) is 4.88 Å². The molecule has 78 valence electrons. The van der Waals surface area contributed by atoms with Crippen LogP contribution in [0.15, 0.2) is 46.3 Å². The van der Waals surface area contributed by atoms with E-state index in [1.54, 1.807) is 11.3 Å². The zero-order valence-electron chi connectivity index (χ0n) is 7.99. The molecule has 0 spiro atoms. The van der Waals surface area contributed by atoms with Gasteiger partial charge in [-0.3, -0.25) is 0 Å². The van der Waals surface area contributed by atoms with Crippen molar-refractivity contribution in [3.63, 3.8) is 0 Å². The number of halogens is 2. The third kappa shape index (κ3) is 3.16. The summed E-state index contributed by atoms with van der Waals surface area (Å²) in [6, 6.07) is 14.8. The van der Waals surface area contributed by atoms with Crippen molar-refractivity contribution < 1.29 is 0 Å². The maximum atomic E-state index is 3.73. The third-order valence-corrected chi connectivity index (χ3v) is 5.02. The Hall–Kier alpha value is -0.120. The number of thiophene rings is 1. The molecular weight excluding hydrogens is 336 g/mol. The first-order valence-corrected chi connectivity index (χ1v) is 7.21. The minimum Gasteiger partial charge on any atom is -0.132 e. The van der Waals surface area contributed by atoms with Crippen LogP contribution >= 0.6 is 43.2 Å². The van der Waals surface area contributed by atoms with E-state index in [4.69, 9.17) is 0 Å². The van der Waals surface area contributed by atoms with Crippen molar-refractivity contribution in [3.05, 3.63) is 56.7 Å². The smallest absolute Gasteiger partial charge is 0.0701 e. The van der Waals surface area contributed by atoms with Crippen molar-refractivity contribution in [2.24, 2.45) is 0 Å². The van der Waals surface area contributed by atoms with E-state index in [9.17, 15) is 0 Å². The number of benzene rings is 1. The second kappa shape index (κ2) is 5.28. The molecule has 0 aliphatic rings. The Morgan fingerprint density at radius 1 is 1.07 bits per heavy atom. The van der Waals surface area contributed by atoms with Gasteiger partial charge in [0.1, 0.15) is 0 Å². The summed E-state index contributed by atoms with van der Waals surface area (Å²) < 4.78 is 1.19. The first-order valence-electron chi connectivity index (χ1n) is 4.69. The molecule has 0 saturated heterocycles. The fraction of sp³-hybridized carbons (Fsp3) is 0.167. The van der Waals surface area contributed by atoms with Crippen molar-refractivity contribution in [2.75, 3.05) is 0 Å². The van der Waals surface area contributed by atoms with E-state index in [0.29, 0.717) is 4.83 Å². The van der Waals surface area contributed by atoms with Gasteiger partial charge in [0.15, 0.2) is 0 Å². The molecule has 2 aromatic rings. The Kier molecular flexibility index (Phi) is 4.00. The first kappa shape index (κ1) is 11.4. The van der Waals surface area contributed by atoms with Crippen LogP contribution in [-0.4, -0.2) is 0 Å². The predicted molar refractivity (Wildman–Crippen MR) is 73.8 cm³/mol. The SMILES string of the molecule is Brc1ccc(C(Br)Cc2ccccc2)s1. The van der Waals surface area contributed by atoms with E-state index in [2.05, 4.69) is 74.3 Å². The van der Waals surface area contributed by atoms with Crippen molar-refractivity contribution in [1.29, 1.82) is 0 Å². The number of hydrogen-bond acceptors (Lipinski definition) is 1. The highest BCUT2D eigenvalue weighted by atomic mass is 79.9. The van der Waals surface area contributed by atoms with Crippen molar-refractivity contribution >= 4 is 43.2 Å². The molecule has 0 fully saturated rings. The van der Waals surface area contributed by atoms with Gasteiger partial charge in [0.25, 0.3) is 0 Å². The molecule has 3 heteroatoms. The van der Waals surface area contributed by atoms with E-state index in [0.717, 1.165) is 6.42 Å². The molecule has 1 aromatic heterocycles. The Balaban J connectivity index is 2.07. The standard InChI is InChI=1S/C12H10Br2S/c13-10(11-6-7-12(14)15-11)8-9-4-2-1-3-5-9/h1-7,10H,8H2. The molecule has 0 aliphatic carbocycles. The quantitative estimate of drug-likeness (QED) is 0.671. The van der Waals surface area contributed by atoms with Gasteiger partial charge in [0.05, 0.1) is 8.61 Å². The Morgan fingerprint density at radius 3 is 2.40 bits per heavy atom. The third-order valence-electron chi connectivity index (χ3n) is 2.16. The monoisotopic (exact) mass is 344 g/mol. The summed E-state index contributed by atoms with van der Waals surface area (Å²) in [5.41, 5.74) is 1.36. The number of alkyl halides is 1. The summed E-state index contributed by atoms with van der Waals surface area (Å²) in [7, 11) is 0. The largest absolute Gasteiger partial charge is 0.132 e. The molecule has 0 N–H and O–H groups in total. The molecule has 1 unspecified atom stereocenters. The second-order valence-electron chi connectivity index (χ2n) is 3.30. The fourth-order valence-corrected chi connectivity index (χ4v) is 3.63. The van der Waals surface area contributed by atoms with E-state index in [1.165, 1.54) is 14.2 Å². The molecule has 0 saturated carbocycles. The maximum Gasteiger partial charge on any atom is 0.0701 e. The van der Waals surface area contributed by atoms with Crippen LogP contribution in [0, 0.1) is 0 Å². The van der Waals surface area contributed by atoms with Gasteiger partial charge < -0.3 is 0 Å². The van der Waals surface area contributed by atoms with Crippen LogP contribution in [0.25, 0.3) is 0 Å². The lowest BCUT2D eigenvalue weighted by Gasteiger charge is -2.06. The van der Waals surface area contributed by atoms with Gasteiger partial charge in [-0.25, -0.2) is 0 Å². The lowest BCUT2D eigenvalue weighted by atomic mass is 10.1. The second-order valence-corrected chi connectivity index (χ2v) is 6.90. The Morgan fingerprint density at radius 2 is 1.80 bits per heavy atom. The van der Waals surface area contributed by atoms with Crippen LogP contribution in [0.5, 0.6) is 0 Å². The summed E-state index contributed by atoms with van der Waals surface area (Å²) >= 11 is 8.99. The molecule has 0 radical (unpaired) electrons. The van der Waals surface area contributed by atoms with Crippen LogP contribution in [0.2, 0.25) is 0 Å². The summed E-state index contributed by atoms with van der Waals surface area (Å²) in [4.78, 5) is 1.78. The molecule has 0 amide bonds. The molecule has 1 atom stereocenters. The van der Waals surface area contributed by atoms with Crippen molar-refractivity contribution in [2.45, 2.75) is 11.2 Å². The number of hydrogen-bond donors (Lipinski definition) is 0. The first-order chi connectivity index (χ1) is 7.25. The van der Waals surface area contributed by atoms with Crippen LogP contribution in [0.1, 0.15) is 15.3 Å². The molecule has 2 rings (SSSR count).